The number of unbranched alkanes of at least 4 members (excludes halogenated alkanes) is 1. The molecule has 0 bridgehead atoms. The summed E-state index contributed by atoms with van der Waals surface area (Å²) in [5.74, 6) is 0. The molecule has 1 rings (SSSR count). The van der Waals surface area contributed by atoms with Crippen molar-refractivity contribution >= 4 is 36.5 Å². The van der Waals surface area contributed by atoms with E-state index < -0.39 is 8.07 Å². The summed E-state index contributed by atoms with van der Waals surface area (Å²) in [6.45, 7) is 6.92. The van der Waals surface area contributed by atoms with Crippen LogP contribution in [0.3, 0.4) is 0 Å². The van der Waals surface area contributed by atoms with Crippen LogP contribution >= 0.6 is 23.2 Å². The van der Waals surface area contributed by atoms with Gasteiger partial charge in [0.1, 0.15) is 10.3 Å². The first-order chi connectivity index (χ1) is 6.95. The summed E-state index contributed by atoms with van der Waals surface area (Å²) >= 11 is 11.8. The van der Waals surface area contributed by atoms with Gasteiger partial charge in [0.05, 0.1) is 8.07 Å². The molecule has 15 heavy (non-hydrogen) atoms. The molecule has 0 atom stereocenters. The second kappa shape index (κ2) is 5.33. The van der Waals surface area contributed by atoms with Gasteiger partial charge in [-0.05, 0) is 12.1 Å². The fourth-order valence-electron chi connectivity index (χ4n) is 1.62. The van der Waals surface area contributed by atoms with Crippen molar-refractivity contribution in [3.63, 3.8) is 0 Å². The molecule has 0 N–H and O–H groups in total. The Morgan fingerprint density at radius 3 is 2.20 bits per heavy atom. The highest BCUT2D eigenvalue weighted by molar-refractivity contribution is 6.90. The lowest BCUT2D eigenvalue weighted by molar-refractivity contribution is 0.870. The second-order valence-electron chi connectivity index (χ2n) is 4.49. The van der Waals surface area contributed by atoms with Gasteiger partial charge >= 0.3 is 0 Å². The molecule has 0 aliphatic rings. The van der Waals surface area contributed by atoms with Gasteiger partial charge in [-0.3, -0.25) is 0 Å². The van der Waals surface area contributed by atoms with Gasteiger partial charge in [-0.15, -0.1) is 0 Å². The Balaban J connectivity index is 2.93. The Morgan fingerprint density at radius 1 is 1.20 bits per heavy atom. The fourth-order valence-corrected chi connectivity index (χ4v) is 4.84. The maximum Gasteiger partial charge on any atom is 0.130 e. The molecule has 84 valence electrons. The Bertz CT molecular complexity index is 319. The van der Waals surface area contributed by atoms with Crippen LogP contribution in [-0.2, 0) is 0 Å². The topological polar surface area (TPSA) is 12.9 Å². The predicted octanol–water partition coefficient (Wildman–Crippen LogP) is 4.10. The summed E-state index contributed by atoms with van der Waals surface area (Å²) < 4.78 is 0. The molecule has 1 nitrogen and oxygen atoms in total. The Labute approximate surface area is 103 Å². The second-order valence-corrected chi connectivity index (χ2v) is 10.1. The minimum atomic E-state index is -1.37. The van der Waals surface area contributed by atoms with Gasteiger partial charge in [0, 0.05) is 0 Å². The third-order valence-corrected chi connectivity index (χ3v) is 6.54. The van der Waals surface area contributed by atoms with Crippen LogP contribution in [0.15, 0.2) is 12.1 Å². The van der Waals surface area contributed by atoms with Crippen molar-refractivity contribution in [2.75, 3.05) is 0 Å². The smallest absolute Gasteiger partial charge is 0.130 e. The molecule has 0 saturated carbocycles. The Kier molecular flexibility index (Phi) is 4.62. The lowest BCUT2D eigenvalue weighted by Gasteiger charge is -2.22. The van der Waals surface area contributed by atoms with E-state index in [1.54, 1.807) is 0 Å². The van der Waals surface area contributed by atoms with E-state index in [0.29, 0.717) is 10.3 Å². The number of nitrogens with zero attached hydrogens (tertiary/aromatic N) is 1. The normalized spacial score (nSPS) is 11.8. The van der Waals surface area contributed by atoms with E-state index in [9.17, 15) is 0 Å². The van der Waals surface area contributed by atoms with Crippen LogP contribution in [0.1, 0.15) is 19.8 Å². The van der Waals surface area contributed by atoms with Crippen LogP contribution < -0.4 is 5.19 Å². The molecule has 1 aromatic heterocycles. The molecule has 0 aliphatic heterocycles. The molecule has 0 unspecified atom stereocenters. The van der Waals surface area contributed by atoms with Crippen LogP contribution in [-0.4, -0.2) is 13.1 Å². The van der Waals surface area contributed by atoms with Gasteiger partial charge in [-0.25, -0.2) is 4.98 Å². The molecule has 4 heteroatoms. The standard InChI is InChI=1S/C11H17Cl2NSi/c1-4-5-6-15(2,3)9-7-10(12)14-11(13)8-9/h7-8H,4-6H2,1-3H3. The van der Waals surface area contributed by atoms with Crippen molar-refractivity contribution in [3.05, 3.63) is 22.4 Å². The molecule has 0 spiro atoms. The first kappa shape index (κ1) is 13.0. The SMILES string of the molecule is CCCC[Si](C)(C)c1cc(Cl)nc(Cl)c1. The molecule has 0 saturated heterocycles. The van der Waals surface area contributed by atoms with Crippen LogP contribution in [0.4, 0.5) is 0 Å². The monoisotopic (exact) mass is 261 g/mol. The highest BCUT2D eigenvalue weighted by atomic mass is 35.5. The summed E-state index contributed by atoms with van der Waals surface area (Å²) in [5, 5.41) is 2.32. The summed E-state index contributed by atoms with van der Waals surface area (Å²) in [5.41, 5.74) is 0. The van der Waals surface area contributed by atoms with Crippen molar-refractivity contribution in [3.8, 4) is 0 Å². The van der Waals surface area contributed by atoms with Crippen molar-refractivity contribution in [2.24, 2.45) is 0 Å². The zero-order chi connectivity index (χ0) is 11.5. The summed E-state index contributed by atoms with van der Waals surface area (Å²) in [6, 6.07) is 5.21. The van der Waals surface area contributed by atoms with Crippen LogP contribution in [0.25, 0.3) is 0 Å². The van der Waals surface area contributed by atoms with Gasteiger partial charge in [-0.1, -0.05) is 67.3 Å². The quantitative estimate of drug-likeness (QED) is 0.588. The highest BCUT2D eigenvalue weighted by Gasteiger charge is 2.23. The van der Waals surface area contributed by atoms with E-state index in [-0.39, 0.29) is 0 Å². The zero-order valence-electron chi connectivity index (χ0n) is 9.48. The van der Waals surface area contributed by atoms with E-state index in [2.05, 4.69) is 25.0 Å². The van der Waals surface area contributed by atoms with Crippen molar-refractivity contribution in [1.29, 1.82) is 0 Å². The molecule has 0 radical (unpaired) electrons. The minimum absolute atomic E-state index is 0.509. The molecule has 0 aromatic carbocycles. The number of rotatable bonds is 4. The first-order valence-corrected chi connectivity index (χ1v) is 9.25. The average molecular weight is 262 g/mol. The largest absolute Gasteiger partial charge is 0.224 e. The van der Waals surface area contributed by atoms with Gasteiger partial charge in [0.15, 0.2) is 0 Å². The summed E-state index contributed by atoms with van der Waals surface area (Å²) in [7, 11) is -1.37. The number of aromatic nitrogens is 1. The van der Waals surface area contributed by atoms with Crippen LogP contribution in [0, 0.1) is 0 Å². The summed E-state index contributed by atoms with van der Waals surface area (Å²) in [6.07, 6.45) is 2.51. The lowest BCUT2D eigenvalue weighted by atomic mass is 10.4. The number of halogens is 2. The molecule has 0 fully saturated rings. The van der Waals surface area contributed by atoms with Crippen molar-refractivity contribution in [2.45, 2.75) is 38.9 Å². The molecular formula is C11H17Cl2NSi. The van der Waals surface area contributed by atoms with E-state index in [1.165, 1.54) is 24.1 Å². The predicted molar refractivity (Wildman–Crippen MR) is 71.1 cm³/mol. The maximum atomic E-state index is 5.92. The lowest BCUT2D eigenvalue weighted by Crippen LogP contribution is -2.41. The molecule has 1 aromatic rings. The Morgan fingerprint density at radius 2 is 1.73 bits per heavy atom. The molecule has 0 amide bonds. The van der Waals surface area contributed by atoms with E-state index in [4.69, 9.17) is 23.2 Å². The van der Waals surface area contributed by atoms with Gasteiger partial charge in [0.25, 0.3) is 0 Å². The van der Waals surface area contributed by atoms with Crippen LogP contribution in [0.5, 0.6) is 0 Å². The van der Waals surface area contributed by atoms with E-state index >= 15 is 0 Å². The van der Waals surface area contributed by atoms with Crippen molar-refractivity contribution < 1.29 is 0 Å². The molecule has 0 aliphatic carbocycles. The molecular weight excluding hydrogens is 245 g/mol. The van der Waals surface area contributed by atoms with Gasteiger partial charge in [0.2, 0.25) is 0 Å². The number of hydrogen-bond donors (Lipinski definition) is 0. The maximum absolute atomic E-state index is 5.92. The van der Waals surface area contributed by atoms with Gasteiger partial charge in [-0.2, -0.15) is 0 Å². The third kappa shape index (κ3) is 3.78. The Hall–Kier alpha value is -0.0531. The minimum Gasteiger partial charge on any atom is -0.224 e. The third-order valence-electron chi connectivity index (χ3n) is 2.70. The van der Waals surface area contributed by atoms with E-state index in [0.717, 1.165) is 0 Å². The first-order valence-electron chi connectivity index (χ1n) is 5.29. The fraction of sp³-hybridized carbons (Fsp3) is 0.545. The number of pyridine rings is 1. The summed E-state index contributed by atoms with van der Waals surface area (Å²) in [4.78, 5) is 3.98. The van der Waals surface area contributed by atoms with Crippen LogP contribution in [0.2, 0.25) is 29.4 Å². The van der Waals surface area contributed by atoms with E-state index in [1.807, 2.05) is 12.1 Å². The molecule has 1 heterocycles. The zero-order valence-corrected chi connectivity index (χ0v) is 12.0. The van der Waals surface area contributed by atoms with Crippen molar-refractivity contribution in [1.82, 2.24) is 4.98 Å². The highest BCUT2D eigenvalue weighted by Crippen LogP contribution is 2.17. The average Bonchev–Trinajstić information content (AvgIpc) is 2.13. The van der Waals surface area contributed by atoms with Gasteiger partial charge < -0.3 is 0 Å². The number of hydrogen-bond acceptors (Lipinski definition) is 1.